The zero-order valence-electron chi connectivity index (χ0n) is 38.3. The minimum absolute atomic E-state index is 0.0647. The van der Waals surface area contributed by atoms with Gasteiger partial charge >= 0.3 is 17.9 Å². The molecule has 0 bridgehead atoms. The zero-order valence-corrected chi connectivity index (χ0v) is 38.3. The second-order valence-electron chi connectivity index (χ2n) is 17.8. The average Bonchev–Trinajstić information content (AvgIpc) is 3.18. The Hall–Kier alpha value is -1.59. The fraction of sp³-hybridized carbons (Fsp3) is 0.940. The lowest BCUT2D eigenvalue weighted by Crippen LogP contribution is -2.30. The summed E-state index contributed by atoms with van der Waals surface area (Å²) in [7, 11) is 0. The highest BCUT2D eigenvalue weighted by atomic mass is 16.6. The summed E-state index contributed by atoms with van der Waals surface area (Å²) in [5, 5.41) is 0. The number of unbranched alkanes of at least 4 members (excludes halogenated alkanes) is 28. The Kier molecular flexibility index (Phi) is 41.8. The number of esters is 3. The molecule has 0 N–H and O–H groups in total. The maximum absolute atomic E-state index is 12.8. The number of rotatable bonds is 44. The molecule has 56 heavy (non-hydrogen) atoms. The van der Waals surface area contributed by atoms with E-state index < -0.39 is 6.10 Å². The van der Waals surface area contributed by atoms with Crippen LogP contribution >= 0.6 is 0 Å². The monoisotopic (exact) mass is 793 g/mol. The van der Waals surface area contributed by atoms with Gasteiger partial charge in [-0.1, -0.05) is 234 Å². The lowest BCUT2D eigenvalue weighted by molar-refractivity contribution is -0.167. The van der Waals surface area contributed by atoms with Gasteiger partial charge in [-0.25, -0.2) is 0 Å². The van der Waals surface area contributed by atoms with Crippen molar-refractivity contribution in [1.29, 1.82) is 0 Å². The smallest absolute Gasteiger partial charge is 0.306 e. The van der Waals surface area contributed by atoms with Gasteiger partial charge in [0.1, 0.15) is 13.2 Å². The quantitative estimate of drug-likeness (QED) is 0.0347. The van der Waals surface area contributed by atoms with Crippen LogP contribution in [0.1, 0.15) is 272 Å². The normalized spacial score (nSPS) is 12.5. The molecule has 6 nitrogen and oxygen atoms in total. The fourth-order valence-electron chi connectivity index (χ4n) is 7.43. The number of carbonyl (C=O) groups is 3. The van der Waals surface area contributed by atoms with Crippen LogP contribution in [0.4, 0.5) is 0 Å². The van der Waals surface area contributed by atoms with Crippen molar-refractivity contribution in [2.75, 3.05) is 13.2 Å². The van der Waals surface area contributed by atoms with Crippen LogP contribution in [0.2, 0.25) is 0 Å². The van der Waals surface area contributed by atoms with Crippen molar-refractivity contribution in [2.45, 2.75) is 278 Å². The Morgan fingerprint density at radius 1 is 0.375 bits per heavy atom. The van der Waals surface area contributed by atoms with E-state index in [9.17, 15) is 14.4 Å². The third-order valence-corrected chi connectivity index (χ3v) is 11.6. The molecule has 0 radical (unpaired) electrons. The van der Waals surface area contributed by atoms with Crippen molar-refractivity contribution in [3.8, 4) is 0 Å². The van der Waals surface area contributed by atoms with Crippen LogP contribution in [-0.2, 0) is 28.6 Å². The molecule has 332 valence electrons. The van der Waals surface area contributed by atoms with Crippen molar-refractivity contribution in [2.24, 2.45) is 11.8 Å². The molecule has 2 atom stereocenters. The van der Waals surface area contributed by atoms with E-state index in [-0.39, 0.29) is 31.1 Å². The largest absolute Gasteiger partial charge is 0.462 e. The van der Waals surface area contributed by atoms with Gasteiger partial charge in [0.25, 0.3) is 0 Å². The molecule has 1 unspecified atom stereocenters. The Bertz CT molecular complexity index is 856. The topological polar surface area (TPSA) is 78.9 Å². The van der Waals surface area contributed by atoms with Gasteiger partial charge in [-0.3, -0.25) is 14.4 Å². The first kappa shape index (κ1) is 54.4. The summed E-state index contributed by atoms with van der Waals surface area (Å²) in [5.74, 6) is 0.803. The predicted octanol–water partition coefficient (Wildman–Crippen LogP) is 15.8. The van der Waals surface area contributed by atoms with Gasteiger partial charge in [0.2, 0.25) is 0 Å². The van der Waals surface area contributed by atoms with E-state index in [1.165, 1.54) is 161 Å². The van der Waals surface area contributed by atoms with Crippen LogP contribution in [0.25, 0.3) is 0 Å². The molecule has 0 fully saturated rings. The summed E-state index contributed by atoms with van der Waals surface area (Å²) >= 11 is 0. The molecular formula is C50H96O6. The molecule has 0 aliphatic rings. The van der Waals surface area contributed by atoms with Gasteiger partial charge in [0.05, 0.1) is 0 Å². The van der Waals surface area contributed by atoms with Gasteiger partial charge in [0, 0.05) is 19.3 Å². The number of ether oxygens (including phenoxy) is 3. The van der Waals surface area contributed by atoms with Crippen molar-refractivity contribution < 1.29 is 28.6 Å². The molecule has 0 amide bonds. The Morgan fingerprint density at radius 2 is 0.679 bits per heavy atom. The summed E-state index contributed by atoms with van der Waals surface area (Å²) in [6.45, 7) is 11.3. The van der Waals surface area contributed by atoms with Gasteiger partial charge in [-0.05, 0) is 31.1 Å². The highest BCUT2D eigenvalue weighted by Gasteiger charge is 2.19. The third kappa shape index (κ3) is 42.0. The maximum atomic E-state index is 12.8. The first-order valence-electron chi connectivity index (χ1n) is 24.8. The van der Waals surface area contributed by atoms with Crippen LogP contribution in [-0.4, -0.2) is 37.2 Å². The van der Waals surface area contributed by atoms with Crippen LogP contribution in [0, 0.1) is 11.8 Å². The molecule has 0 aliphatic heterocycles. The van der Waals surface area contributed by atoms with Crippen LogP contribution < -0.4 is 0 Å². The SMILES string of the molecule is CCCCCCCCCCCCCCCCC(=O)O[C@H](COC(=O)CCCCCCCCCCCC(C)C)COC(=O)CCCCCCCCCCC(C)CC. The van der Waals surface area contributed by atoms with Crippen molar-refractivity contribution >= 4 is 17.9 Å². The lowest BCUT2D eigenvalue weighted by atomic mass is 9.99. The minimum atomic E-state index is -0.761. The first-order valence-corrected chi connectivity index (χ1v) is 24.8. The summed E-state index contributed by atoms with van der Waals surface area (Å²) in [6.07, 6.45) is 42.2. The average molecular weight is 793 g/mol. The summed E-state index contributed by atoms with van der Waals surface area (Å²) in [5.41, 5.74) is 0. The van der Waals surface area contributed by atoms with Crippen LogP contribution in [0.15, 0.2) is 0 Å². The molecule has 0 saturated heterocycles. The van der Waals surface area contributed by atoms with E-state index in [1.54, 1.807) is 0 Å². The Morgan fingerprint density at radius 3 is 1.02 bits per heavy atom. The Balaban J connectivity index is 4.34. The predicted molar refractivity (Wildman–Crippen MR) is 238 cm³/mol. The van der Waals surface area contributed by atoms with Crippen LogP contribution in [0.5, 0.6) is 0 Å². The number of hydrogen-bond donors (Lipinski definition) is 0. The van der Waals surface area contributed by atoms with E-state index in [2.05, 4.69) is 34.6 Å². The van der Waals surface area contributed by atoms with E-state index in [0.29, 0.717) is 19.3 Å². The summed E-state index contributed by atoms with van der Waals surface area (Å²) < 4.78 is 16.8. The molecule has 0 rings (SSSR count). The molecule has 6 heteroatoms. The molecule has 0 aliphatic carbocycles. The molecule has 0 saturated carbocycles. The van der Waals surface area contributed by atoms with E-state index in [4.69, 9.17) is 14.2 Å². The zero-order chi connectivity index (χ0) is 41.2. The molecule has 0 heterocycles. The lowest BCUT2D eigenvalue weighted by Gasteiger charge is -2.18. The standard InChI is InChI=1S/C50H96O6/c1-6-8-9-10-11-12-13-14-15-16-19-27-32-37-42-50(53)56-47(43-54-48(51)40-35-30-25-20-17-18-23-28-33-38-45(3)4)44-55-49(52)41-36-31-26-22-21-24-29-34-39-46(5)7-2/h45-47H,6-44H2,1-5H3/t46?,47-/m1/s1. The molecule has 0 aromatic heterocycles. The molecule has 0 spiro atoms. The van der Waals surface area contributed by atoms with E-state index in [1.807, 2.05) is 0 Å². The molecular weight excluding hydrogens is 697 g/mol. The van der Waals surface area contributed by atoms with Gasteiger partial charge < -0.3 is 14.2 Å². The fourth-order valence-corrected chi connectivity index (χ4v) is 7.43. The second kappa shape index (κ2) is 43.0. The Labute approximate surface area is 348 Å². The van der Waals surface area contributed by atoms with Crippen LogP contribution in [0.3, 0.4) is 0 Å². The molecule has 0 aromatic carbocycles. The minimum Gasteiger partial charge on any atom is -0.462 e. The highest BCUT2D eigenvalue weighted by molar-refractivity contribution is 5.71. The van der Waals surface area contributed by atoms with Gasteiger partial charge in [-0.15, -0.1) is 0 Å². The van der Waals surface area contributed by atoms with E-state index >= 15 is 0 Å². The summed E-state index contributed by atoms with van der Waals surface area (Å²) in [4.78, 5) is 37.8. The van der Waals surface area contributed by atoms with Crippen molar-refractivity contribution in [1.82, 2.24) is 0 Å². The first-order chi connectivity index (χ1) is 27.3. The van der Waals surface area contributed by atoms with Crippen molar-refractivity contribution in [3.05, 3.63) is 0 Å². The number of hydrogen-bond acceptors (Lipinski definition) is 6. The van der Waals surface area contributed by atoms with Gasteiger partial charge in [0.15, 0.2) is 6.10 Å². The summed E-state index contributed by atoms with van der Waals surface area (Å²) in [6, 6.07) is 0. The molecule has 0 aromatic rings. The number of carbonyl (C=O) groups excluding carboxylic acids is 3. The second-order valence-corrected chi connectivity index (χ2v) is 17.8. The highest BCUT2D eigenvalue weighted by Crippen LogP contribution is 2.17. The van der Waals surface area contributed by atoms with E-state index in [0.717, 1.165) is 69.6 Å². The third-order valence-electron chi connectivity index (χ3n) is 11.6. The van der Waals surface area contributed by atoms with Crippen molar-refractivity contribution in [3.63, 3.8) is 0 Å². The maximum Gasteiger partial charge on any atom is 0.306 e. The van der Waals surface area contributed by atoms with Gasteiger partial charge in [-0.2, -0.15) is 0 Å².